The summed E-state index contributed by atoms with van der Waals surface area (Å²) in [6, 6.07) is 0. The molecule has 0 saturated carbocycles. The molecule has 1 aromatic heterocycles. The third kappa shape index (κ3) is 5.26. The maximum atomic E-state index is 11.9. The number of aromatic nitrogens is 2. The van der Waals surface area contributed by atoms with Crippen LogP contribution >= 0.6 is 11.8 Å². The Morgan fingerprint density at radius 3 is 2.86 bits per heavy atom. The third-order valence-corrected chi connectivity index (χ3v) is 3.78. The van der Waals surface area contributed by atoms with Gasteiger partial charge in [-0.05, 0) is 6.42 Å². The zero-order chi connectivity index (χ0) is 15.8. The van der Waals surface area contributed by atoms with Gasteiger partial charge in [-0.1, -0.05) is 31.2 Å². The fraction of sp³-hybridized carbons (Fsp3) is 0.500. The number of amides is 1. The quantitative estimate of drug-likeness (QED) is 0.432. The van der Waals surface area contributed by atoms with E-state index in [-0.39, 0.29) is 34.7 Å². The van der Waals surface area contributed by atoms with Crippen molar-refractivity contribution in [2.24, 2.45) is 0 Å². The molecule has 0 saturated heterocycles. The zero-order valence-corrected chi connectivity index (χ0v) is 13.2. The second-order valence-electron chi connectivity index (χ2n) is 4.62. The summed E-state index contributed by atoms with van der Waals surface area (Å²) < 4.78 is 0. The first-order valence-corrected chi connectivity index (χ1v) is 7.78. The van der Waals surface area contributed by atoms with Crippen LogP contribution in [0.2, 0.25) is 0 Å². The SMILES string of the molecule is C=CCc1c(O)nc(SCC(=O)N(C)CCCC)[nH]c1=O. The lowest BCUT2D eigenvalue weighted by molar-refractivity contribution is -0.127. The highest BCUT2D eigenvalue weighted by Crippen LogP contribution is 2.17. The van der Waals surface area contributed by atoms with Crippen LogP contribution in [0.5, 0.6) is 5.88 Å². The molecule has 7 heteroatoms. The van der Waals surface area contributed by atoms with Crippen molar-refractivity contribution in [3.05, 3.63) is 28.6 Å². The summed E-state index contributed by atoms with van der Waals surface area (Å²) in [6.45, 7) is 6.29. The van der Waals surface area contributed by atoms with Gasteiger partial charge in [-0.3, -0.25) is 9.59 Å². The number of allylic oxidation sites excluding steroid dienone is 1. The predicted octanol–water partition coefficient (Wildman–Crippen LogP) is 1.55. The first-order valence-electron chi connectivity index (χ1n) is 6.79. The van der Waals surface area contributed by atoms with E-state index in [1.165, 1.54) is 6.08 Å². The molecule has 0 aliphatic heterocycles. The molecule has 1 amide bonds. The number of carbonyl (C=O) groups excluding carboxylic acids is 1. The Bertz CT molecular complexity index is 557. The van der Waals surface area contributed by atoms with Gasteiger partial charge in [0.2, 0.25) is 11.8 Å². The van der Waals surface area contributed by atoms with Gasteiger partial charge >= 0.3 is 0 Å². The topological polar surface area (TPSA) is 86.3 Å². The van der Waals surface area contributed by atoms with Crippen LogP contribution in [-0.2, 0) is 11.2 Å². The van der Waals surface area contributed by atoms with Crippen molar-refractivity contribution in [2.45, 2.75) is 31.3 Å². The number of unbranched alkanes of at least 4 members (excludes halogenated alkanes) is 1. The molecule has 6 nitrogen and oxygen atoms in total. The Morgan fingerprint density at radius 1 is 1.57 bits per heavy atom. The van der Waals surface area contributed by atoms with Crippen molar-refractivity contribution < 1.29 is 9.90 Å². The Balaban J connectivity index is 2.66. The summed E-state index contributed by atoms with van der Waals surface area (Å²) >= 11 is 1.10. The van der Waals surface area contributed by atoms with Gasteiger partial charge in [-0.25, -0.2) is 0 Å². The fourth-order valence-corrected chi connectivity index (χ4v) is 2.42. The van der Waals surface area contributed by atoms with Crippen molar-refractivity contribution in [1.29, 1.82) is 0 Å². The van der Waals surface area contributed by atoms with Crippen LogP contribution in [0.15, 0.2) is 22.6 Å². The average molecular weight is 311 g/mol. The smallest absolute Gasteiger partial charge is 0.258 e. The molecule has 0 spiro atoms. The number of hydrogen-bond acceptors (Lipinski definition) is 5. The van der Waals surface area contributed by atoms with E-state index in [0.29, 0.717) is 6.54 Å². The number of aromatic hydroxyl groups is 1. The Kier molecular flexibility index (Phi) is 7.01. The maximum absolute atomic E-state index is 11.9. The fourth-order valence-electron chi connectivity index (χ4n) is 1.62. The van der Waals surface area contributed by atoms with Crippen molar-refractivity contribution in [1.82, 2.24) is 14.9 Å². The molecule has 0 aliphatic carbocycles. The Labute approximate surface area is 128 Å². The van der Waals surface area contributed by atoms with Crippen molar-refractivity contribution in [2.75, 3.05) is 19.3 Å². The normalized spacial score (nSPS) is 10.4. The first kappa shape index (κ1) is 17.3. The van der Waals surface area contributed by atoms with Gasteiger partial charge in [0.05, 0.1) is 11.3 Å². The van der Waals surface area contributed by atoms with Crippen LogP contribution in [0.4, 0.5) is 0 Å². The highest BCUT2D eigenvalue weighted by Gasteiger charge is 2.13. The number of aromatic amines is 1. The molecule has 0 radical (unpaired) electrons. The summed E-state index contributed by atoms with van der Waals surface area (Å²) in [5.41, 5.74) is -0.225. The molecule has 0 atom stereocenters. The van der Waals surface area contributed by atoms with Crippen LogP contribution in [0, 0.1) is 0 Å². The summed E-state index contributed by atoms with van der Waals surface area (Å²) in [7, 11) is 1.75. The Hall–Kier alpha value is -1.76. The standard InChI is InChI=1S/C14H21N3O3S/c1-4-6-8-17(3)11(18)9-21-14-15-12(19)10(7-5-2)13(20)16-14/h5H,2,4,6-9H2,1,3H3,(H2,15,16,19,20). The molecule has 0 aromatic carbocycles. The minimum atomic E-state index is -0.406. The summed E-state index contributed by atoms with van der Waals surface area (Å²) in [5.74, 6) is -0.178. The van der Waals surface area contributed by atoms with Crippen LogP contribution in [0.25, 0.3) is 0 Å². The highest BCUT2D eigenvalue weighted by molar-refractivity contribution is 7.99. The number of hydrogen-bond donors (Lipinski definition) is 2. The number of thioether (sulfide) groups is 1. The summed E-state index contributed by atoms with van der Waals surface area (Å²) in [4.78, 5) is 31.7. The predicted molar refractivity (Wildman–Crippen MR) is 83.7 cm³/mol. The molecular weight excluding hydrogens is 290 g/mol. The minimum absolute atomic E-state index is 0.0363. The minimum Gasteiger partial charge on any atom is -0.493 e. The molecule has 0 aliphatic rings. The largest absolute Gasteiger partial charge is 0.493 e. The van der Waals surface area contributed by atoms with Crippen molar-refractivity contribution in [3.8, 4) is 5.88 Å². The molecule has 21 heavy (non-hydrogen) atoms. The van der Waals surface area contributed by atoms with E-state index in [1.54, 1.807) is 11.9 Å². The highest BCUT2D eigenvalue weighted by atomic mass is 32.2. The second-order valence-corrected chi connectivity index (χ2v) is 5.59. The molecule has 116 valence electrons. The lowest BCUT2D eigenvalue weighted by atomic mass is 10.2. The molecule has 1 rings (SSSR count). The van der Waals surface area contributed by atoms with Gasteiger partial charge in [-0.15, -0.1) is 6.58 Å². The van der Waals surface area contributed by atoms with Crippen LogP contribution in [-0.4, -0.2) is 45.2 Å². The molecule has 1 heterocycles. The van der Waals surface area contributed by atoms with E-state index >= 15 is 0 Å². The molecule has 2 N–H and O–H groups in total. The van der Waals surface area contributed by atoms with Crippen LogP contribution in [0.3, 0.4) is 0 Å². The van der Waals surface area contributed by atoms with E-state index < -0.39 is 5.56 Å². The van der Waals surface area contributed by atoms with Gasteiger partial charge in [0.25, 0.3) is 5.56 Å². The maximum Gasteiger partial charge on any atom is 0.258 e. The molecule has 0 unspecified atom stereocenters. The van der Waals surface area contributed by atoms with Crippen molar-refractivity contribution in [3.63, 3.8) is 0 Å². The molecule has 0 bridgehead atoms. The van der Waals surface area contributed by atoms with E-state index in [1.807, 2.05) is 0 Å². The van der Waals surface area contributed by atoms with Gasteiger partial charge in [-0.2, -0.15) is 4.98 Å². The van der Waals surface area contributed by atoms with Crippen molar-refractivity contribution >= 4 is 17.7 Å². The second kappa shape index (κ2) is 8.51. The van der Waals surface area contributed by atoms with E-state index in [2.05, 4.69) is 23.5 Å². The number of nitrogens with zero attached hydrogens (tertiary/aromatic N) is 2. The number of nitrogens with one attached hydrogen (secondary N) is 1. The molecular formula is C14H21N3O3S. The van der Waals surface area contributed by atoms with Gasteiger partial charge in [0.15, 0.2) is 5.16 Å². The third-order valence-electron chi connectivity index (χ3n) is 2.93. The van der Waals surface area contributed by atoms with E-state index in [4.69, 9.17) is 0 Å². The lowest BCUT2D eigenvalue weighted by Gasteiger charge is -2.16. The van der Waals surface area contributed by atoms with Crippen LogP contribution < -0.4 is 5.56 Å². The molecule has 1 aromatic rings. The molecule has 0 fully saturated rings. The monoisotopic (exact) mass is 311 g/mol. The number of rotatable bonds is 8. The van der Waals surface area contributed by atoms with Gasteiger partial charge in [0, 0.05) is 20.0 Å². The van der Waals surface area contributed by atoms with Gasteiger partial charge < -0.3 is 15.0 Å². The lowest BCUT2D eigenvalue weighted by Crippen LogP contribution is -2.29. The van der Waals surface area contributed by atoms with Crippen LogP contribution in [0.1, 0.15) is 25.3 Å². The summed E-state index contributed by atoms with van der Waals surface area (Å²) in [5, 5.41) is 9.94. The van der Waals surface area contributed by atoms with E-state index in [0.717, 1.165) is 24.6 Å². The zero-order valence-electron chi connectivity index (χ0n) is 12.4. The summed E-state index contributed by atoms with van der Waals surface area (Å²) in [6.07, 6.45) is 3.75. The average Bonchev–Trinajstić information content (AvgIpc) is 2.45. The number of carbonyl (C=O) groups is 1. The first-order chi connectivity index (χ1) is 9.99. The van der Waals surface area contributed by atoms with Gasteiger partial charge in [0.1, 0.15) is 0 Å². The Morgan fingerprint density at radius 2 is 2.29 bits per heavy atom. The van der Waals surface area contributed by atoms with E-state index in [9.17, 15) is 14.7 Å². The number of H-pyrrole nitrogens is 1.